The van der Waals surface area contributed by atoms with Crippen LogP contribution in [0.3, 0.4) is 0 Å². The summed E-state index contributed by atoms with van der Waals surface area (Å²) in [5, 5.41) is 11.3. The standard InChI is InChI=1S/C21H21NO5S.C5H10N2O2/c1-2-3-13-28(25,26)22-19-14-16(11-12-18(19)21(23)24)27-20-10-6-8-15-7-4-5-9-17(15)20;6-5(8)7-1-3-9-4-2-7/h4-12,14,22H,2-3,13H2,1H3,(H,23,24);1-4H2,(H2,6,8). The Morgan fingerprint density at radius 2 is 1.78 bits per heavy atom. The molecular formula is C26H31N3O7S. The number of nitrogens with two attached hydrogens (primary N) is 1. The Labute approximate surface area is 216 Å². The molecule has 1 heterocycles. The van der Waals surface area contributed by atoms with Crippen molar-refractivity contribution in [2.24, 2.45) is 5.73 Å². The SMILES string of the molecule is CCCCS(=O)(=O)Nc1cc(Oc2cccc3ccccc23)ccc1C(=O)O.NC(=O)N1CCOCC1. The first-order valence-corrected chi connectivity index (χ1v) is 13.5. The molecule has 198 valence electrons. The van der Waals surface area contributed by atoms with Crippen molar-refractivity contribution in [1.29, 1.82) is 0 Å². The third kappa shape index (κ3) is 8.09. The number of carboxylic acid groups (broad SMARTS) is 1. The number of nitrogens with zero attached hydrogens (tertiary/aromatic N) is 1. The minimum Gasteiger partial charge on any atom is -0.478 e. The maximum atomic E-state index is 12.2. The van der Waals surface area contributed by atoms with Crippen LogP contribution in [0.5, 0.6) is 11.5 Å². The Morgan fingerprint density at radius 1 is 1.08 bits per heavy atom. The lowest BCUT2D eigenvalue weighted by atomic mass is 10.1. The number of carbonyl (C=O) groups is 2. The van der Waals surface area contributed by atoms with Crippen molar-refractivity contribution in [1.82, 2.24) is 4.90 Å². The lowest BCUT2D eigenvalue weighted by molar-refractivity contribution is 0.0554. The number of amides is 2. The maximum absolute atomic E-state index is 12.2. The number of ether oxygens (including phenoxy) is 2. The van der Waals surface area contributed by atoms with E-state index in [1.165, 1.54) is 18.2 Å². The summed E-state index contributed by atoms with van der Waals surface area (Å²) in [5.41, 5.74) is 4.85. The second kappa shape index (κ2) is 12.9. The Morgan fingerprint density at radius 3 is 2.43 bits per heavy atom. The van der Waals surface area contributed by atoms with Crippen molar-refractivity contribution in [2.75, 3.05) is 36.8 Å². The minimum absolute atomic E-state index is 0.0126. The van der Waals surface area contributed by atoms with E-state index in [-0.39, 0.29) is 23.0 Å². The highest BCUT2D eigenvalue weighted by molar-refractivity contribution is 7.92. The van der Waals surface area contributed by atoms with Gasteiger partial charge in [-0.3, -0.25) is 4.72 Å². The van der Waals surface area contributed by atoms with Crippen molar-refractivity contribution >= 4 is 38.5 Å². The normalized spacial score (nSPS) is 13.4. The molecule has 4 rings (SSSR count). The van der Waals surface area contributed by atoms with E-state index in [9.17, 15) is 23.1 Å². The molecule has 3 aromatic carbocycles. The number of unbranched alkanes of at least 4 members (excludes halogenated alkanes) is 1. The van der Waals surface area contributed by atoms with Crippen LogP contribution in [0, 0.1) is 0 Å². The molecule has 1 aliphatic heterocycles. The molecule has 0 aliphatic carbocycles. The molecule has 11 heteroatoms. The van der Waals surface area contributed by atoms with Crippen LogP contribution < -0.4 is 15.2 Å². The molecule has 0 radical (unpaired) electrons. The van der Waals surface area contributed by atoms with Crippen molar-refractivity contribution in [3.8, 4) is 11.5 Å². The van der Waals surface area contributed by atoms with E-state index >= 15 is 0 Å². The van der Waals surface area contributed by atoms with Gasteiger partial charge in [-0.1, -0.05) is 49.7 Å². The fourth-order valence-corrected chi connectivity index (χ4v) is 4.88. The number of aromatic carboxylic acids is 1. The van der Waals surface area contributed by atoms with Crippen molar-refractivity contribution in [2.45, 2.75) is 19.8 Å². The Hall–Kier alpha value is -3.83. The van der Waals surface area contributed by atoms with Crippen LogP contribution in [0.4, 0.5) is 10.5 Å². The number of carboxylic acids is 1. The zero-order valence-corrected chi connectivity index (χ0v) is 21.4. The van der Waals surface area contributed by atoms with Gasteiger partial charge in [-0.15, -0.1) is 0 Å². The molecule has 0 unspecified atom stereocenters. The Kier molecular flexibility index (Phi) is 9.70. The van der Waals surface area contributed by atoms with Gasteiger partial charge in [0.25, 0.3) is 0 Å². The van der Waals surface area contributed by atoms with E-state index in [4.69, 9.17) is 15.2 Å². The fraction of sp³-hybridized carbons (Fsp3) is 0.308. The van der Waals surface area contributed by atoms with Crippen LogP contribution in [0.25, 0.3) is 10.8 Å². The molecule has 0 atom stereocenters. The number of anilines is 1. The van der Waals surface area contributed by atoms with Gasteiger partial charge in [0.05, 0.1) is 30.2 Å². The molecule has 3 aromatic rings. The first kappa shape index (κ1) is 27.8. The van der Waals surface area contributed by atoms with Crippen LogP contribution in [0.2, 0.25) is 0 Å². The number of hydrogen-bond donors (Lipinski definition) is 3. The third-order valence-corrected chi connectivity index (χ3v) is 6.91. The monoisotopic (exact) mass is 529 g/mol. The molecule has 1 fully saturated rings. The molecule has 4 N–H and O–H groups in total. The first-order valence-electron chi connectivity index (χ1n) is 11.9. The summed E-state index contributed by atoms with van der Waals surface area (Å²) < 4.78 is 37.8. The topological polar surface area (TPSA) is 148 Å². The smallest absolute Gasteiger partial charge is 0.337 e. The number of morpholine rings is 1. The summed E-state index contributed by atoms with van der Waals surface area (Å²) >= 11 is 0. The van der Waals surface area contributed by atoms with Gasteiger partial charge in [-0.2, -0.15) is 0 Å². The average molecular weight is 530 g/mol. The minimum atomic E-state index is -3.65. The number of carbonyl (C=O) groups excluding carboxylic acids is 1. The van der Waals surface area contributed by atoms with E-state index in [1.54, 1.807) is 11.0 Å². The number of primary amides is 1. The van der Waals surface area contributed by atoms with Crippen molar-refractivity contribution in [3.63, 3.8) is 0 Å². The van der Waals surface area contributed by atoms with E-state index in [1.807, 2.05) is 43.3 Å². The zero-order chi connectivity index (χ0) is 26.8. The number of fused-ring (bicyclic) bond motifs is 1. The summed E-state index contributed by atoms with van der Waals surface area (Å²) in [6.07, 6.45) is 1.21. The lowest BCUT2D eigenvalue weighted by Crippen LogP contribution is -2.43. The average Bonchev–Trinajstić information content (AvgIpc) is 2.88. The van der Waals surface area contributed by atoms with Crippen molar-refractivity contribution in [3.05, 3.63) is 66.2 Å². The van der Waals surface area contributed by atoms with Gasteiger partial charge in [0, 0.05) is 24.5 Å². The Balaban J connectivity index is 0.000000356. The number of urea groups is 1. The number of rotatable bonds is 8. The van der Waals surface area contributed by atoms with Gasteiger partial charge in [-0.25, -0.2) is 18.0 Å². The van der Waals surface area contributed by atoms with Gasteiger partial charge < -0.3 is 25.2 Å². The van der Waals surface area contributed by atoms with E-state index in [0.717, 1.165) is 17.2 Å². The van der Waals surface area contributed by atoms with E-state index in [2.05, 4.69) is 4.72 Å². The summed E-state index contributed by atoms with van der Waals surface area (Å²) in [7, 11) is -3.65. The molecule has 2 amide bonds. The van der Waals surface area contributed by atoms with Gasteiger partial charge in [-0.05, 0) is 30.0 Å². The number of hydrogen-bond acceptors (Lipinski definition) is 6. The van der Waals surface area contributed by atoms with E-state index in [0.29, 0.717) is 44.2 Å². The molecule has 10 nitrogen and oxygen atoms in total. The maximum Gasteiger partial charge on any atom is 0.337 e. The highest BCUT2D eigenvalue weighted by Gasteiger charge is 2.18. The van der Waals surface area contributed by atoms with Crippen molar-refractivity contribution < 1.29 is 32.6 Å². The lowest BCUT2D eigenvalue weighted by Gasteiger charge is -2.24. The van der Waals surface area contributed by atoms with Crippen LogP contribution in [-0.2, 0) is 14.8 Å². The second-order valence-electron chi connectivity index (χ2n) is 8.30. The van der Waals surface area contributed by atoms with Gasteiger partial charge >= 0.3 is 12.0 Å². The fourth-order valence-electron chi connectivity index (χ4n) is 3.61. The van der Waals surface area contributed by atoms with Crippen LogP contribution >= 0.6 is 0 Å². The van der Waals surface area contributed by atoms with Crippen LogP contribution in [0.1, 0.15) is 30.1 Å². The summed E-state index contributed by atoms with van der Waals surface area (Å²) in [6.45, 7) is 4.38. The number of benzene rings is 3. The van der Waals surface area contributed by atoms with Gasteiger partial charge in [0.1, 0.15) is 11.5 Å². The summed E-state index contributed by atoms with van der Waals surface area (Å²) in [5.74, 6) is -0.350. The summed E-state index contributed by atoms with van der Waals surface area (Å²) in [6, 6.07) is 17.2. The molecule has 0 aromatic heterocycles. The van der Waals surface area contributed by atoms with E-state index < -0.39 is 16.0 Å². The predicted molar refractivity (Wildman–Crippen MR) is 142 cm³/mol. The zero-order valence-electron chi connectivity index (χ0n) is 20.6. The number of nitrogens with one attached hydrogen (secondary N) is 1. The molecule has 0 saturated carbocycles. The van der Waals surface area contributed by atoms with Gasteiger partial charge in [0.2, 0.25) is 10.0 Å². The molecule has 0 spiro atoms. The molecule has 1 saturated heterocycles. The molecular weight excluding hydrogens is 498 g/mol. The third-order valence-electron chi connectivity index (χ3n) is 5.55. The molecule has 37 heavy (non-hydrogen) atoms. The predicted octanol–water partition coefficient (Wildman–Crippen LogP) is 4.27. The summed E-state index contributed by atoms with van der Waals surface area (Å²) in [4.78, 5) is 23.5. The number of sulfonamides is 1. The highest BCUT2D eigenvalue weighted by Crippen LogP contribution is 2.32. The highest BCUT2D eigenvalue weighted by atomic mass is 32.2. The second-order valence-corrected chi connectivity index (χ2v) is 10.1. The molecule has 0 bridgehead atoms. The van der Waals surface area contributed by atoms with Crippen LogP contribution in [0.15, 0.2) is 60.7 Å². The van der Waals surface area contributed by atoms with Crippen LogP contribution in [-0.4, -0.2) is 62.5 Å². The van der Waals surface area contributed by atoms with Gasteiger partial charge in [0.15, 0.2) is 0 Å². The quantitative estimate of drug-likeness (QED) is 0.395. The Bertz CT molecular complexity index is 1330. The largest absolute Gasteiger partial charge is 0.478 e. The first-order chi connectivity index (χ1) is 17.7. The molecule has 1 aliphatic rings.